The predicted octanol–water partition coefficient (Wildman–Crippen LogP) is 1.86. The average molecular weight is 228 g/mol. The van der Waals surface area contributed by atoms with Crippen LogP contribution < -0.4 is 5.73 Å². The molecule has 1 unspecified atom stereocenters. The molecule has 1 aliphatic rings. The van der Waals surface area contributed by atoms with Gasteiger partial charge in [0, 0.05) is 19.7 Å². The number of hydrogen-bond donors (Lipinski definition) is 1. The van der Waals surface area contributed by atoms with Gasteiger partial charge in [0.25, 0.3) is 0 Å². The molecule has 0 amide bonds. The van der Waals surface area contributed by atoms with Crippen LogP contribution in [0.15, 0.2) is 0 Å². The molecule has 0 spiro atoms. The zero-order chi connectivity index (χ0) is 11.8. The number of hydrogen-bond acceptors (Lipinski definition) is 3. The van der Waals surface area contributed by atoms with Crippen molar-refractivity contribution < 1.29 is 4.74 Å². The molecular formula is C13H28N2O. The number of rotatable bonds is 8. The lowest BCUT2D eigenvalue weighted by Gasteiger charge is -2.25. The Morgan fingerprint density at radius 1 is 1.38 bits per heavy atom. The van der Waals surface area contributed by atoms with Crippen molar-refractivity contribution in [3.8, 4) is 0 Å². The second-order valence-electron chi connectivity index (χ2n) is 5.26. The van der Waals surface area contributed by atoms with E-state index in [1.54, 1.807) is 0 Å². The molecule has 16 heavy (non-hydrogen) atoms. The highest BCUT2D eigenvalue weighted by Gasteiger charge is 2.16. The second kappa shape index (κ2) is 8.04. The predicted molar refractivity (Wildman–Crippen MR) is 68.5 cm³/mol. The molecule has 0 aromatic heterocycles. The van der Waals surface area contributed by atoms with Gasteiger partial charge in [0.2, 0.25) is 0 Å². The van der Waals surface area contributed by atoms with Crippen LogP contribution in [0, 0.1) is 5.92 Å². The largest absolute Gasteiger partial charge is 0.378 e. The van der Waals surface area contributed by atoms with Crippen LogP contribution in [0.3, 0.4) is 0 Å². The number of nitrogens with two attached hydrogens (primary N) is 1. The van der Waals surface area contributed by atoms with Gasteiger partial charge < -0.3 is 15.4 Å². The Morgan fingerprint density at radius 2 is 2.19 bits per heavy atom. The third-order valence-electron chi connectivity index (χ3n) is 3.09. The highest BCUT2D eigenvalue weighted by atomic mass is 16.5. The Kier molecular flexibility index (Phi) is 7.01. The first kappa shape index (κ1) is 13.9. The summed E-state index contributed by atoms with van der Waals surface area (Å²) in [6.45, 7) is 9.83. The Labute approximate surface area is 100 Å². The minimum Gasteiger partial charge on any atom is -0.378 e. The van der Waals surface area contributed by atoms with E-state index in [2.05, 4.69) is 18.7 Å². The quantitative estimate of drug-likeness (QED) is 0.689. The molecule has 3 nitrogen and oxygen atoms in total. The van der Waals surface area contributed by atoms with Crippen molar-refractivity contribution in [1.29, 1.82) is 0 Å². The van der Waals surface area contributed by atoms with Gasteiger partial charge in [0.05, 0.1) is 6.10 Å². The fraction of sp³-hybridized carbons (Fsp3) is 1.00. The Morgan fingerprint density at radius 3 is 2.75 bits per heavy atom. The summed E-state index contributed by atoms with van der Waals surface area (Å²) < 4.78 is 5.66. The summed E-state index contributed by atoms with van der Waals surface area (Å²) in [5.41, 5.74) is 5.57. The molecule has 3 heteroatoms. The van der Waals surface area contributed by atoms with Crippen molar-refractivity contribution in [2.45, 2.75) is 45.6 Å². The maximum atomic E-state index is 5.66. The van der Waals surface area contributed by atoms with E-state index in [0.717, 1.165) is 32.0 Å². The Bertz CT molecular complexity index is 167. The second-order valence-corrected chi connectivity index (χ2v) is 5.26. The van der Waals surface area contributed by atoms with Crippen LogP contribution in [-0.4, -0.2) is 43.8 Å². The van der Waals surface area contributed by atoms with Crippen LogP contribution in [0.1, 0.15) is 39.5 Å². The molecule has 96 valence electrons. The van der Waals surface area contributed by atoms with E-state index in [4.69, 9.17) is 10.5 Å². The van der Waals surface area contributed by atoms with Gasteiger partial charge in [-0.15, -0.1) is 0 Å². The van der Waals surface area contributed by atoms with E-state index in [0.29, 0.717) is 6.10 Å². The van der Waals surface area contributed by atoms with Gasteiger partial charge in [-0.3, -0.25) is 0 Å². The van der Waals surface area contributed by atoms with E-state index in [9.17, 15) is 0 Å². The van der Waals surface area contributed by atoms with Crippen LogP contribution >= 0.6 is 0 Å². The van der Waals surface area contributed by atoms with Gasteiger partial charge in [-0.2, -0.15) is 0 Å². The molecule has 0 bridgehead atoms. The van der Waals surface area contributed by atoms with E-state index in [1.165, 1.54) is 32.4 Å². The molecule has 1 saturated heterocycles. The molecule has 2 N–H and O–H groups in total. The summed E-state index contributed by atoms with van der Waals surface area (Å²) in [4.78, 5) is 2.54. The molecule has 1 heterocycles. The van der Waals surface area contributed by atoms with Crippen molar-refractivity contribution in [3.63, 3.8) is 0 Å². The van der Waals surface area contributed by atoms with Gasteiger partial charge in [-0.1, -0.05) is 13.8 Å². The summed E-state index contributed by atoms with van der Waals surface area (Å²) >= 11 is 0. The smallest absolute Gasteiger partial charge is 0.0588 e. The number of ether oxygens (including phenoxy) is 1. The van der Waals surface area contributed by atoms with Gasteiger partial charge >= 0.3 is 0 Å². The Hall–Kier alpha value is -0.120. The molecule has 1 atom stereocenters. The lowest BCUT2D eigenvalue weighted by Crippen LogP contribution is -2.32. The molecule has 0 aliphatic carbocycles. The third-order valence-corrected chi connectivity index (χ3v) is 3.09. The average Bonchev–Trinajstić information content (AvgIpc) is 2.74. The van der Waals surface area contributed by atoms with E-state index >= 15 is 0 Å². The fourth-order valence-electron chi connectivity index (χ4n) is 2.32. The molecule has 0 radical (unpaired) electrons. The highest BCUT2D eigenvalue weighted by Crippen LogP contribution is 2.16. The zero-order valence-electron chi connectivity index (χ0n) is 11.0. The number of nitrogens with zero attached hydrogens (tertiary/aromatic N) is 1. The molecule has 1 rings (SSSR count). The topological polar surface area (TPSA) is 38.5 Å². The zero-order valence-corrected chi connectivity index (χ0v) is 11.0. The van der Waals surface area contributed by atoms with Gasteiger partial charge in [-0.05, 0) is 44.7 Å². The van der Waals surface area contributed by atoms with Crippen molar-refractivity contribution in [2.75, 3.05) is 32.8 Å². The molecule has 0 aromatic carbocycles. The highest BCUT2D eigenvalue weighted by molar-refractivity contribution is 4.69. The molecule has 1 aliphatic heterocycles. The minimum atomic E-state index is 0.521. The summed E-state index contributed by atoms with van der Waals surface area (Å²) in [5, 5.41) is 0. The van der Waals surface area contributed by atoms with Crippen molar-refractivity contribution in [3.05, 3.63) is 0 Å². The summed E-state index contributed by atoms with van der Waals surface area (Å²) in [7, 11) is 0. The van der Waals surface area contributed by atoms with E-state index < -0.39 is 0 Å². The van der Waals surface area contributed by atoms with Crippen LogP contribution in [0.2, 0.25) is 0 Å². The third kappa shape index (κ3) is 5.83. The SMILES string of the molecule is CC(C)CN(CCCN)CCC1CCCO1. The normalized spacial score (nSPS) is 21.2. The first-order valence-electron chi connectivity index (χ1n) is 6.76. The first-order valence-corrected chi connectivity index (χ1v) is 6.76. The molecule has 0 saturated carbocycles. The first-order chi connectivity index (χ1) is 7.72. The van der Waals surface area contributed by atoms with Gasteiger partial charge in [0.1, 0.15) is 0 Å². The Balaban J connectivity index is 2.19. The monoisotopic (exact) mass is 228 g/mol. The summed E-state index contributed by atoms with van der Waals surface area (Å²) in [6.07, 6.45) is 5.33. The van der Waals surface area contributed by atoms with Crippen LogP contribution in [0.5, 0.6) is 0 Å². The van der Waals surface area contributed by atoms with Crippen molar-refractivity contribution in [1.82, 2.24) is 4.90 Å². The molecule has 0 aromatic rings. The van der Waals surface area contributed by atoms with Crippen molar-refractivity contribution in [2.24, 2.45) is 11.7 Å². The molecule has 1 fully saturated rings. The van der Waals surface area contributed by atoms with Crippen molar-refractivity contribution >= 4 is 0 Å². The fourth-order valence-corrected chi connectivity index (χ4v) is 2.32. The summed E-state index contributed by atoms with van der Waals surface area (Å²) in [6, 6.07) is 0. The van der Waals surface area contributed by atoms with Crippen LogP contribution in [0.25, 0.3) is 0 Å². The van der Waals surface area contributed by atoms with E-state index in [-0.39, 0.29) is 0 Å². The molecular weight excluding hydrogens is 200 g/mol. The maximum absolute atomic E-state index is 5.66. The maximum Gasteiger partial charge on any atom is 0.0588 e. The van der Waals surface area contributed by atoms with Crippen LogP contribution in [-0.2, 0) is 4.74 Å². The van der Waals surface area contributed by atoms with E-state index in [1.807, 2.05) is 0 Å². The van der Waals surface area contributed by atoms with Gasteiger partial charge in [-0.25, -0.2) is 0 Å². The summed E-state index contributed by atoms with van der Waals surface area (Å²) in [5.74, 6) is 0.738. The van der Waals surface area contributed by atoms with Crippen LogP contribution in [0.4, 0.5) is 0 Å². The van der Waals surface area contributed by atoms with Gasteiger partial charge in [0.15, 0.2) is 0 Å². The lowest BCUT2D eigenvalue weighted by atomic mass is 10.1. The lowest BCUT2D eigenvalue weighted by molar-refractivity contribution is 0.0900. The minimum absolute atomic E-state index is 0.521. The standard InChI is InChI=1S/C13H28N2O/c1-12(2)11-15(8-4-7-14)9-6-13-5-3-10-16-13/h12-13H,3-11,14H2,1-2H3.